The third-order valence-corrected chi connectivity index (χ3v) is 22.7. The molecule has 1 aliphatic carbocycles. The van der Waals surface area contributed by atoms with E-state index in [-0.39, 0.29) is 50.1 Å². The van der Waals surface area contributed by atoms with Crippen LogP contribution in [-0.4, -0.2) is 105 Å². The lowest BCUT2D eigenvalue weighted by molar-refractivity contribution is -0.137. The van der Waals surface area contributed by atoms with Crippen LogP contribution in [0, 0.1) is 29.6 Å². The van der Waals surface area contributed by atoms with Crippen molar-refractivity contribution in [1.82, 2.24) is 63.8 Å². The second-order valence-electron chi connectivity index (χ2n) is 32.9. The van der Waals surface area contributed by atoms with E-state index in [1.165, 1.54) is 28.9 Å². The van der Waals surface area contributed by atoms with Crippen molar-refractivity contribution in [2.45, 2.75) is 117 Å². The van der Waals surface area contributed by atoms with Crippen LogP contribution in [0.5, 0.6) is 0 Å². The lowest BCUT2D eigenvalue weighted by atomic mass is 9.90. The summed E-state index contributed by atoms with van der Waals surface area (Å²) in [7, 11) is -2.04. The van der Waals surface area contributed by atoms with Crippen LogP contribution in [0.4, 0.5) is 73.7 Å². The van der Waals surface area contributed by atoms with Crippen molar-refractivity contribution in [1.29, 1.82) is 0 Å². The highest BCUT2D eigenvalue weighted by atomic mass is 35.5. The Morgan fingerprint density at radius 2 is 0.837 bits per heavy atom. The van der Waals surface area contributed by atoms with Crippen LogP contribution in [0.25, 0.3) is 78.4 Å². The van der Waals surface area contributed by atoms with Crippen molar-refractivity contribution >= 4 is 126 Å². The van der Waals surface area contributed by atoms with Crippen LogP contribution >= 0.6 is 58.0 Å². The molecule has 0 radical (unpaired) electrons. The first-order valence-corrected chi connectivity index (χ1v) is 44.0. The Kier molecular flexibility index (Phi) is 32.4. The number of hydrogen-bond donors (Lipinski definition) is 8. The molecule has 674 valence electrons. The maximum atomic E-state index is 13.3. The van der Waals surface area contributed by atoms with Crippen LogP contribution in [0.1, 0.15) is 101 Å². The van der Waals surface area contributed by atoms with Gasteiger partial charge in [-0.25, -0.2) is 62.2 Å². The van der Waals surface area contributed by atoms with E-state index in [2.05, 4.69) is 112 Å². The summed E-state index contributed by atoms with van der Waals surface area (Å²) in [6.07, 6.45) is 1.03. The van der Waals surface area contributed by atoms with E-state index in [4.69, 9.17) is 97.1 Å². The van der Waals surface area contributed by atoms with Gasteiger partial charge in [0.2, 0.25) is 35.7 Å². The fourth-order valence-corrected chi connectivity index (χ4v) is 15.8. The van der Waals surface area contributed by atoms with Crippen LogP contribution < -0.4 is 45.0 Å². The molecule has 0 bridgehead atoms. The molecule has 14 N–H and O–H groups in total. The summed E-state index contributed by atoms with van der Waals surface area (Å²) in [6, 6.07) is 57.6. The highest BCUT2D eigenvalue weighted by molar-refractivity contribution is 7.90. The van der Waals surface area contributed by atoms with Crippen molar-refractivity contribution in [3.05, 3.63) is 265 Å². The van der Waals surface area contributed by atoms with Crippen LogP contribution in [0.2, 0.25) is 25.1 Å². The van der Waals surface area contributed by atoms with Gasteiger partial charge in [-0.05, 0) is 178 Å². The maximum Gasteiger partial charge on any atom is 0.416 e. The first-order valence-electron chi connectivity index (χ1n) is 40.7. The first-order chi connectivity index (χ1) is 60.9. The summed E-state index contributed by atoms with van der Waals surface area (Å²) in [5.74, 6) is 2.86. The molecule has 1 aliphatic heterocycles. The van der Waals surface area contributed by atoms with E-state index in [1.807, 2.05) is 110 Å². The standard InChI is InChI=1S/C20H19N5O2S.C16H18ClN3O.C16H18F3N3.C15H18ClN3.C14H14ClN3.C12H9Cl2F3N4/c1-13-7-9-14(10-8-13)28(26,27)25-12-16(15-5-3-4-6-18(15)25)17-11-19(22-2)24-20(21)23-17;17-13-3-1-2-12(9-13)15-10-14(19-16(18)20-15)8-11-4-6-21-7-5-11;1-15(2,3)9-12-8-13(22-14(20)21-12)10-5-4-6-11(7-10)16(17,18)19;1-15(2,3)9-12-8-13(19-14(17)18-12)10-5-4-6-11(16)7-10;15-11-3-1-2-10(7-11)13-8-12(6-9-4-5-9)17-14(16)18-13;13-7-3-1-2-6(10(7)14)8-4-9(21-11(18)20-8)19-5-12(15,16)17/h3-12H,1-2H3,(H3,21,22,23,24);1-3,9-11H,4-8H2,(H2,18,19,20);4-8H,9H2,1-3H3,(H2,20,21,22);4-8H,9H2,1-3H3,(H2,17,18,19);1-3,7-9H,4-6H2,(H2,16,17,18);1-4H,5H2,(H3,18,19,20,21). The Hall–Kier alpha value is -12.1. The molecule has 129 heavy (non-hydrogen) atoms. The summed E-state index contributed by atoms with van der Waals surface area (Å²) >= 11 is 30.0. The first kappa shape index (κ1) is 97.5. The number of nitrogens with zero attached hydrogens (tertiary/aromatic N) is 13. The molecule has 16 rings (SSSR count). The van der Waals surface area contributed by atoms with Crippen LogP contribution in [0.3, 0.4) is 0 Å². The molecule has 0 unspecified atom stereocenters. The predicted octanol–water partition coefficient (Wildman–Crippen LogP) is 22.3. The number of halogens is 11. The molecule has 36 heteroatoms. The molecule has 8 heterocycles. The number of ether oxygens (including phenoxy) is 1. The van der Waals surface area contributed by atoms with E-state index in [9.17, 15) is 34.8 Å². The van der Waals surface area contributed by atoms with Gasteiger partial charge in [0, 0.05) is 115 Å². The molecule has 2 fully saturated rings. The monoisotopic (exact) mass is 1880 g/mol. The second-order valence-corrected chi connectivity index (χ2v) is 36.8. The average molecular weight is 1880 g/mol. The van der Waals surface area contributed by atoms with Gasteiger partial charge in [0.25, 0.3) is 10.0 Å². The van der Waals surface area contributed by atoms with Gasteiger partial charge in [0.05, 0.1) is 60.2 Å². The smallest absolute Gasteiger partial charge is 0.381 e. The summed E-state index contributed by atoms with van der Waals surface area (Å²) in [6.45, 7) is 15.0. The van der Waals surface area contributed by atoms with Gasteiger partial charge in [0.1, 0.15) is 18.2 Å². The Bertz CT molecular complexity index is 6360. The van der Waals surface area contributed by atoms with Crippen LogP contribution in [-0.2, 0) is 46.6 Å². The van der Waals surface area contributed by atoms with Gasteiger partial charge in [-0.2, -0.15) is 36.3 Å². The number of anilines is 8. The van der Waals surface area contributed by atoms with E-state index >= 15 is 0 Å². The number of benzene rings is 7. The molecule has 1 saturated carbocycles. The topological polar surface area (TPSA) is 383 Å². The normalized spacial score (nSPS) is 12.9. The van der Waals surface area contributed by atoms with E-state index in [1.54, 1.807) is 86.0 Å². The molecule has 7 aromatic heterocycles. The minimum Gasteiger partial charge on any atom is -0.381 e. The van der Waals surface area contributed by atoms with E-state index < -0.39 is 34.5 Å². The highest BCUT2D eigenvalue weighted by Gasteiger charge is 2.32. The number of aromatic nitrogens is 13. The van der Waals surface area contributed by atoms with Gasteiger partial charge >= 0.3 is 12.4 Å². The molecule has 1 saturated heterocycles. The minimum atomic E-state index is -4.39. The largest absolute Gasteiger partial charge is 0.416 e. The van der Waals surface area contributed by atoms with E-state index in [0.29, 0.717) is 95.4 Å². The number of nitrogen functional groups attached to an aromatic ring is 6. The number of aryl methyl sites for hydroxylation is 1. The third-order valence-electron chi connectivity index (χ3n) is 19.5. The number of nitrogens with one attached hydrogen (secondary N) is 2. The minimum absolute atomic E-state index is 0.00805. The number of rotatable bonds is 17. The van der Waals surface area contributed by atoms with Crippen molar-refractivity contribution in [3.63, 3.8) is 0 Å². The van der Waals surface area contributed by atoms with Gasteiger partial charge in [-0.3, -0.25) is 0 Å². The SMILES string of the molecule is CC(C)(C)Cc1cc(-c2cccc(C(F)(F)F)c2)nc(N)n1.CC(C)(C)Cc1cc(-c2cccc(Cl)c2)nc(N)n1.CNc1cc(-c2cn(S(=O)(=O)c3ccc(C)cc3)c3ccccc23)nc(N)n1.Nc1nc(CC2CC2)cc(-c2cccc(Cl)c2)n1.Nc1nc(CC2CCOCC2)cc(-c2cccc(Cl)c2)n1.Nc1nc(NCC(F)(F)F)cc(-c2cccc(Cl)c2Cl)n1. The zero-order valence-corrected chi connectivity index (χ0v) is 76.2. The Morgan fingerprint density at radius 1 is 0.434 bits per heavy atom. The van der Waals surface area contributed by atoms with Crippen molar-refractivity contribution in [3.8, 4) is 67.5 Å². The summed E-state index contributed by atoms with van der Waals surface area (Å²) < 4.78 is 108. The lowest BCUT2D eigenvalue weighted by Gasteiger charge is -2.21. The molecule has 0 amide bonds. The maximum absolute atomic E-state index is 13.3. The highest BCUT2D eigenvalue weighted by Crippen LogP contribution is 2.39. The molecule has 2 aliphatic rings. The van der Waals surface area contributed by atoms with Gasteiger partial charge in [-0.1, -0.05) is 196 Å². The van der Waals surface area contributed by atoms with Gasteiger partial charge in [0.15, 0.2) is 0 Å². The molecule has 7 aromatic carbocycles. The van der Waals surface area contributed by atoms with Gasteiger partial charge < -0.3 is 49.8 Å². The predicted molar refractivity (Wildman–Crippen MR) is 505 cm³/mol. The number of fused-ring (bicyclic) bond motifs is 1. The van der Waals surface area contributed by atoms with Gasteiger partial charge in [-0.15, -0.1) is 0 Å². The number of para-hydroxylation sites is 1. The zero-order valence-electron chi connectivity index (χ0n) is 71.6. The summed E-state index contributed by atoms with van der Waals surface area (Å²) in [5, 5.41) is 8.45. The fraction of sp³-hybridized carbons (Fsp3) is 0.269. The molecule has 0 spiro atoms. The number of nitrogens with two attached hydrogens (primary N) is 6. The quantitative estimate of drug-likeness (QED) is 0.0393. The summed E-state index contributed by atoms with van der Waals surface area (Å²) in [4.78, 5) is 50.3. The molecule has 24 nitrogen and oxygen atoms in total. The summed E-state index contributed by atoms with van der Waals surface area (Å²) in [5.41, 5.74) is 47.3. The van der Waals surface area contributed by atoms with Crippen molar-refractivity contribution in [2.24, 2.45) is 22.7 Å². The lowest BCUT2D eigenvalue weighted by Crippen LogP contribution is -2.22. The molecular weight excluding hydrogens is 1780 g/mol. The zero-order chi connectivity index (χ0) is 93.3. The Morgan fingerprint density at radius 3 is 1.29 bits per heavy atom. The number of alkyl halides is 6. The van der Waals surface area contributed by atoms with Crippen molar-refractivity contribution in [2.75, 3.05) is 71.8 Å². The van der Waals surface area contributed by atoms with Crippen LogP contribution in [0.15, 0.2) is 211 Å². The third kappa shape index (κ3) is 29.5. The fourth-order valence-electron chi connectivity index (χ4n) is 13.5. The van der Waals surface area contributed by atoms with Crippen molar-refractivity contribution < 1.29 is 39.5 Å². The van der Waals surface area contributed by atoms with E-state index in [0.717, 1.165) is 125 Å². The molecular formula is C93H96Cl5F6N21O3S. The molecule has 0 atom stereocenters. The molecule has 14 aromatic rings. The Labute approximate surface area is 769 Å². The number of hydrogen-bond acceptors (Lipinski definition) is 23. The Balaban J connectivity index is 0.000000151. The average Bonchev–Trinajstić information content (AvgIpc) is 1.60. The second kappa shape index (κ2) is 42.9.